The first kappa shape index (κ1) is 12.3. The van der Waals surface area contributed by atoms with Gasteiger partial charge in [0.1, 0.15) is 0 Å². The van der Waals surface area contributed by atoms with Crippen molar-refractivity contribution in [3.63, 3.8) is 0 Å². The predicted octanol–water partition coefficient (Wildman–Crippen LogP) is 3.33. The van der Waals surface area contributed by atoms with E-state index >= 15 is 0 Å². The first-order valence-corrected chi connectivity index (χ1v) is 6.46. The van der Waals surface area contributed by atoms with Gasteiger partial charge in [0.15, 0.2) is 5.16 Å². The average molecular weight is 289 g/mol. The van der Waals surface area contributed by atoms with Crippen LogP contribution in [-0.4, -0.2) is 9.55 Å². The van der Waals surface area contributed by atoms with E-state index in [0.29, 0.717) is 26.8 Å². The van der Waals surface area contributed by atoms with E-state index in [1.165, 1.54) is 4.57 Å². The zero-order valence-electron chi connectivity index (χ0n) is 9.75. The lowest BCUT2D eigenvalue weighted by Crippen LogP contribution is -2.20. The van der Waals surface area contributed by atoms with Crippen molar-refractivity contribution in [2.24, 2.45) is 0 Å². The minimum absolute atomic E-state index is 0.155. The van der Waals surface area contributed by atoms with Gasteiger partial charge in [-0.25, -0.2) is 4.98 Å². The number of nitrogens with zero attached hydrogens (tertiary/aromatic N) is 2. The molecule has 0 aliphatic heterocycles. The Kier molecular flexibility index (Phi) is 3.05. The Labute approximate surface area is 119 Å². The van der Waals surface area contributed by atoms with E-state index < -0.39 is 0 Å². The summed E-state index contributed by atoms with van der Waals surface area (Å²) in [5.41, 5.74) is 1.13. The van der Waals surface area contributed by atoms with Crippen LogP contribution in [0.25, 0.3) is 16.6 Å². The maximum Gasteiger partial charge on any atom is 0.266 e. The molecule has 0 aliphatic rings. The third kappa shape index (κ3) is 2.13. The molecule has 1 heterocycles. The second-order valence-corrected chi connectivity index (χ2v) is 4.89. The number of fused-ring (bicyclic) bond motifs is 1. The monoisotopic (exact) mass is 288 g/mol. The quantitative estimate of drug-likeness (QED) is 0.551. The van der Waals surface area contributed by atoms with Crippen molar-refractivity contribution in [2.75, 3.05) is 0 Å². The fourth-order valence-corrected chi connectivity index (χ4v) is 2.47. The largest absolute Gasteiger partial charge is 0.268 e. The van der Waals surface area contributed by atoms with Crippen LogP contribution in [-0.2, 0) is 0 Å². The summed E-state index contributed by atoms with van der Waals surface area (Å²) < 4.78 is 1.44. The molecule has 5 heteroatoms. The zero-order chi connectivity index (χ0) is 13.4. The van der Waals surface area contributed by atoms with Gasteiger partial charge in [-0.15, -0.1) is 12.6 Å². The number of hydrogen-bond donors (Lipinski definition) is 1. The Morgan fingerprint density at radius 3 is 2.68 bits per heavy atom. The van der Waals surface area contributed by atoms with Crippen LogP contribution in [0, 0.1) is 0 Å². The van der Waals surface area contributed by atoms with Gasteiger partial charge in [-0.05, 0) is 30.3 Å². The Morgan fingerprint density at radius 2 is 1.89 bits per heavy atom. The number of halogens is 1. The summed E-state index contributed by atoms with van der Waals surface area (Å²) in [6.45, 7) is 0. The van der Waals surface area contributed by atoms with Crippen molar-refractivity contribution in [3.05, 3.63) is 63.9 Å². The van der Waals surface area contributed by atoms with Gasteiger partial charge in [-0.3, -0.25) is 9.36 Å². The summed E-state index contributed by atoms with van der Waals surface area (Å²) in [5.74, 6) is 0. The second-order valence-electron chi connectivity index (χ2n) is 4.05. The van der Waals surface area contributed by atoms with Crippen LogP contribution in [0.5, 0.6) is 0 Å². The molecule has 0 atom stereocenters. The molecule has 0 saturated heterocycles. The fourth-order valence-electron chi connectivity index (χ4n) is 1.97. The molecule has 3 nitrogen and oxygen atoms in total. The molecule has 0 aliphatic carbocycles. The predicted molar refractivity (Wildman–Crippen MR) is 79.6 cm³/mol. The summed E-state index contributed by atoms with van der Waals surface area (Å²) in [7, 11) is 0. The first-order chi connectivity index (χ1) is 9.16. The Hall–Kier alpha value is -1.78. The molecule has 0 unspecified atom stereocenters. The topological polar surface area (TPSA) is 34.9 Å². The third-order valence-electron chi connectivity index (χ3n) is 2.82. The van der Waals surface area contributed by atoms with Gasteiger partial charge in [-0.1, -0.05) is 29.8 Å². The van der Waals surface area contributed by atoms with E-state index in [-0.39, 0.29) is 5.56 Å². The third-order valence-corrected chi connectivity index (χ3v) is 3.36. The molecule has 0 bridgehead atoms. The summed E-state index contributed by atoms with van der Waals surface area (Å²) >= 11 is 10.3. The van der Waals surface area contributed by atoms with E-state index in [1.807, 2.05) is 12.1 Å². The molecule has 2 aromatic carbocycles. The fraction of sp³-hybridized carbons (Fsp3) is 0. The van der Waals surface area contributed by atoms with Crippen LogP contribution in [0.3, 0.4) is 0 Å². The van der Waals surface area contributed by atoms with Gasteiger partial charge >= 0.3 is 0 Å². The molecule has 1 aromatic heterocycles. The lowest BCUT2D eigenvalue weighted by atomic mass is 10.2. The van der Waals surface area contributed by atoms with Crippen molar-refractivity contribution < 1.29 is 0 Å². The minimum atomic E-state index is -0.155. The number of rotatable bonds is 1. The molecule has 3 aromatic rings. The lowest BCUT2D eigenvalue weighted by molar-refractivity contribution is 0.824. The maximum absolute atomic E-state index is 12.5. The molecule has 19 heavy (non-hydrogen) atoms. The van der Waals surface area contributed by atoms with Gasteiger partial charge in [0.25, 0.3) is 5.56 Å². The van der Waals surface area contributed by atoms with Crippen molar-refractivity contribution >= 4 is 35.1 Å². The van der Waals surface area contributed by atoms with E-state index in [4.69, 9.17) is 11.6 Å². The van der Waals surface area contributed by atoms with Crippen LogP contribution in [0.15, 0.2) is 58.5 Å². The molecule has 0 radical (unpaired) electrons. The average Bonchev–Trinajstić information content (AvgIpc) is 2.39. The number of hydrogen-bond acceptors (Lipinski definition) is 3. The van der Waals surface area contributed by atoms with Crippen molar-refractivity contribution in [2.45, 2.75) is 5.16 Å². The Balaban J connectivity index is 2.39. The van der Waals surface area contributed by atoms with Gasteiger partial charge in [-0.2, -0.15) is 0 Å². The summed E-state index contributed by atoms with van der Waals surface area (Å²) in [6, 6.07) is 14.2. The van der Waals surface area contributed by atoms with Crippen LogP contribution < -0.4 is 5.56 Å². The summed E-state index contributed by atoms with van der Waals surface area (Å²) in [5, 5.41) is 1.46. The Morgan fingerprint density at radius 1 is 1.11 bits per heavy atom. The lowest BCUT2D eigenvalue weighted by Gasteiger charge is -2.10. The molecule has 0 N–H and O–H groups in total. The Bertz CT molecular complexity index is 829. The van der Waals surface area contributed by atoms with E-state index in [1.54, 1.807) is 36.4 Å². The van der Waals surface area contributed by atoms with Crippen LogP contribution in [0.2, 0.25) is 5.02 Å². The summed E-state index contributed by atoms with van der Waals surface area (Å²) in [4.78, 5) is 16.8. The normalized spacial score (nSPS) is 10.8. The first-order valence-electron chi connectivity index (χ1n) is 5.63. The van der Waals surface area contributed by atoms with E-state index in [2.05, 4.69) is 17.6 Å². The van der Waals surface area contributed by atoms with Crippen molar-refractivity contribution in [1.82, 2.24) is 9.55 Å². The van der Waals surface area contributed by atoms with Crippen molar-refractivity contribution in [3.8, 4) is 5.69 Å². The van der Waals surface area contributed by atoms with Gasteiger partial charge in [0, 0.05) is 5.02 Å². The van der Waals surface area contributed by atoms with E-state index in [9.17, 15) is 4.79 Å². The molecular weight excluding hydrogens is 280 g/mol. The van der Waals surface area contributed by atoms with Crippen LogP contribution in [0.4, 0.5) is 0 Å². The molecule has 94 valence electrons. The number of para-hydroxylation sites is 1. The zero-order valence-corrected chi connectivity index (χ0v) is 11.4. The van der Waals surface area contributed by atoms with Gasteiger partial charge in [0.05, 0.1) is 16.6 Å². The van der Waals surface area contributed by atoms with Gasteiger partial charge in [0.2, 0.25) is 0 Å². The minimum Gasteiger partial charge on any atom is -0.268 e. The number of thiol groups is 1. The molecule has 0 amide bonds. The van der Waals surface area contributed by atoms with Gasteiger partial charge < -0.3 is 0 Å². The SMILES string of the molecule is O=c1c2ccccc2nc(S)n1-c1cccc(Cl)c1. The molecule has 0 fully saturated rings. The van der Waals surface area contributed by atoms with E-state index in [0.717, 1.165) is 0 Å². The highest BCUT2D eigenvalue weighted by atomic mass is 35.5. The summed E-state index contributed by atoms with van der Waals surface area (Å²) in [6.07, 6.45) is 0. The highest BCUT2D eigenvalue weighted by Crippen LogP contribution is 2.18. The van der Waals surface area contributed by atoms with Crippen molar-refractivity contribution in [1.29, 1.82) is 0 Å². The molecule has 3 rings (SSSR count). The highest BCUT2D eigenvalue weighted by molar-refractivity contribution is 7.80. The molecule has 0 spiro atoms. The number of aromatic nitrogens is 2. The standard InChI is InChI=1S/C14H9ClN2OS/c15-9-4-3-5-10(8-9)17-13(18)11-6-1-2-7-12(11)16-14(17)19/h1-8H,(H,16,19). The molecular formula is C14H9ClN2OS. The maximum atomic E-state index is 12.5. The number of benzene rings is 2. The highest BCUT2D eigenvalue weighted by Gasteiger charge is 2.10. The second kappa shape index (κ2) is 4.72. The van der Waals surface area contributed by atoms with Crippen LogP contribution >= 0.6 is 24.2 Å². The van der Waals surface area contributed by atoms with Crippen LogP contribution in [0.1, 0.15) is 0 Å². The smallest absolute Gasteiger partial charge is 0.266 e. The molecule has 0 saturated carbocycles.